The van der Waals surface area contributed by atoms with E-state index in [1.54, 1.807) is 0 Å². The quantitative estimate of drug-likeness (QED) is 0.867. The molecule has 1 aromatic rings. The first kappa shape index (κ1) is 14.5. The third-order valence-corrected chi connectivity index (χ3v) is 3.95. The third-order valence-electron chi connectivity index (χ3n) is 2.59. The first-order valence-corrected chi connectivity index (χ1v) is 7.20. The number of rotatable bonds is 5. The Balaban J connectivity index is 2.75. The zero-order valence-corrected chi connectivity index (χ0v) is 12.4. The van der Waals surface area contributed by atoms with Crippen molar-refractivity contribution >= 4 is 11.8 Å². The number of hydrogen-bond acceptors (Lipinski definition) is 3. The van der Waals surface area contributed by atoms with Gasteiger partial charge in [0.1, 0.15) is 0 Å². The Bertz CT molecular complexity index is 344. The summed E-state index contributed by atoms with van der Waals surface area (Å²) in [6, 6.07) is 2.49. The zero-order chi connectivity index (χ0) is 12.9. The monoisotopic (exact) mass is 252 g/mol. The SMILES string of the molecule is CCNC(CSC(C)(C)C)c1cnccc1C. The molecule has 0 saturated carbocycles. The summed E-state index contributed by atoms with van der Waals surface area (Å²) in [6.45, 7) is 12.1. The van der Waals surface area contributed by atoms with Gasteiger partial charge in [0.05, 0.1) is 0 Å². The Kier molecular flexibility index (Phi) is 5.47. The van der Waals surface area contributed by atoms with Gasteiger partial charge in [0.25, 0.3) is 0 Å². The molecule has 96 valence electrons. The third kappa shape index (κ3) is 5.09. The van der Waals surface area contributed by atoms with Crippen LogP contribution < -0.4 is 5.32 Å². The van der Waals surface area contributed by atoms with E-state index in [0.29, 0.717) is 10.8 Å². The van der Waals surface area contributed by atoms with Gasteiger partial charge in [0.2, 0.25) is 0 Å². The smallest absolute Gasteiger partial charge is 0.0429 e. The Labute approximate surface area is 110 Å². The van der Waals surface area contributed by atoms with Gasteiger partial charge in [-0.25, -0.2) is 0 Å². The molecule has 1 rings (SSSR count). The van der Waals surface area contributed by atoms with Gasteiger partial charge in [0, 0.05) is 28.9 Å². The van der Waals surface area contributed by atoms with Gasteiger partial charge in [-0.2, -0.15) is 11.8 Å². The van der Waals surface area contributed by atoms with Crippen molar-refractivity contribution < 1.29 is 0 Å². The highest BCUT2D eigenvalue weighted by Crippen LogP contribution is 2.29. The summed E-state index contributed by atoms with van der Waals surface area (Å²) in [6.07, 6.45) is 3.85. The summed E-state index contributed by atoms with van der Waals surface area (Å²) in [5.41, 5.74) is 2.64. The minimum Gasteiger partial charge on any atom is -0.309 e. The number of nitrogens with one attached hydrogen (secondary N) is 1. The van der Waals surface area contributed by atoms with Crippen LogP contribution in [0.5, 0.6) is 0 Å². The molecule has 1 heterocycles. The number of thioether (sulfide) groups is 1. The van der Waals surface area contributed by atoms with E-state index < -0.39 is 0 Å². The lowest BCUT2D eigenvalue weighted by atomic mass is 10.1. The summed E-state index contributed by atoms with van der Waals surface area (Å²) < 4.78 is 0.309. The van der Waals surface area contributed by atoms with Crippen LogP contribution in [-0.4, -0.2) is 22.0 Å². The molecular weight excluding hydrogens is 228 g/mol. The van der Waals surface area contributed by atoms with Crippen molar-refractivity contribution in [2.45, 2.75) is 45.4 Å². The molecule has 17 heavy (non-hydrogen) atoms. The van der Waals surface area contributed by atoms with Gasteiger partial charge in [-0.05, 0) is 30.7 Å². The average Bonchev–Trinajstić information content (AvgIpc) is 2.24. The van der Waals surface area contributed by atoms with E-state index >= 15 is 0 Å². The lowest BCUT2D eigenvalue weighted by Gasteiger charge is -2.24. The van der Waals surface area contributed by atoms with Crippen molar-refractivity contribution in [3.05, 3.63) is 29.6 Å². The van der Waals surface area contributed by atoms with E-state index in [2.05, 4.69) is 51.0 Å². The molecule has 0 saturated heterocycles. The van der Waals surface area contributed by atoms with E-state index in [-0.39, 0.29) is 0 Å². The number of hydrogen-bond donors (Lipinski definition) is 1. The van der Waals surface area contributed by atoms with Crippen LogP contribution >= 0.6 is 11.8 Å². The molecule has 0 radical (unpaired) electrons. The van der Waals surface area contributed by atoms with E-state index in [1.165, 1.54) is 11.1 Å². The molecule has 0 aliphatic carbocycles. The molecule has 0 bridgehead atoms. The van der Waals surface area contributed by atoms with Crippen molar-refractivity contribution in [2.24, 2.45) is 0 Å². The largest absolute Gasteiger partial charge is 0.309 e. The minimum absolute atomic E-state index is 0.309. The normalized spacial score (nSPS) is 13.7. The molecule has 2 nitrogen and oxygen atoms in total. The Morgan fingerprint density at radius 3 is 2.65 bits per heavy atom. The first-order valence-electron chi connectivity index (χ1n) is 6.22. The molecule has 0 aromatic carbocycles. The summed E-state index contributed by atoms with van der Waals surface area (Å²) in [5, 5.41) is 3.55. The van der Waals surface area contributed by atoms with E-state index in [9.17, 15) is 0 Å². The molecule has 0 amide bonds. The van der Waals surface area contributed by atoms with Crippen molar-refractivity contribution in [1.82, 2.24) is 10.3 Å². The van der Waals surface area contributed by atoms with Gasteiger partial charge in [-0.15, -0.1) is 0 Å². The van der Waals surface area contributed by atoms with Crippen LogP contribution in [0.3, 0.4) is 0 Å². The molecule has 0 spiro atoms. The van der Waals surface area contributed by atoms with Crippen LogP contribution in [0.2, 0.25) is 0 Å². The number of aryl methyl sites for hydroxylation is 1. The minimum atomic E-state index is 0.309. The molecule has 0 aliphatic rings. The van der Waals surface area contributed by atoms with Crippen LogP contribution in [0.1, 0.15) is 44.9 Å². The van der Waals surface area contributed by atoms with E-state index in [1.807, 2.05) is 24.2 Å². The maximum atomic E-state index is 4.24. The summed E-state index contributed by atoms with van der Waals surface area (Å²) in [4.78, 5) is 4.24. The van der Waals surface area contributed by atoms with Gasteiger partial charge < -0.3 is 5.32 Å². The average molecular weight is 252 g/mol. The number of aromatic nitrogens is 1. The lowest BCUT2D eigenvalue weighted by Crippen LogP contribution is -2.25. The van der Waals surface area contributed by atoms with Gasteiger partial charge >= 0.3 is 0 Å². The van der Waals surface area contributed by atoms with Crippen LogP contribution in [-0.2, 0) is 0 Å². The predicted molar refractivity (Wildman–Crippen MR) is 77.6 cm³/mol. The van der Waals surface area contributed by atoms with Crippen molar-refractivity contribution in [2.75, 3.05) is 12.3 Å². The van der Waals surface area contributed by atoms with Gasteiger partial charge in [0.15, 0.2) is 0 Å². The fourth-order valence-electron chi connectivity index (χ4n) is 1.68. The molecule has 1 N–H and O–H groups in total. The molecule has 0 fully saturated rings. The van der Waals surface area contributed by atoms with E-state index in [4.69, 9.17) is 0 Å². The second-order valence-electron chi connectivity index (χ2n) is 5.27. The van der Waals surface area contributed by atoms with E-state index in [0.717, 1.165) is 12.3 Å². The molecular formula is C14H24N2S. The highest BCUT2D eigenvalue weighted by molar-refractivity contribution is 8.00. The first-order chi connectivity index (χ1) is 7.94. The summed E-state index contributed by atoms with van der Waals surface area (Å²) >= 11 is 1.99. The summed E-state index contributed by atoms with van der Waals surface area (Å²) in [5.74, 6) is 1.09. The lowest BCUT2D eigenvalue weighted by molar-refractivity contribution is 0.598. The summed E-state index contributed by atoms with van der Waals surface area (Å²) in [7, 11) is 0. The fraction of sp³-hybridized carbons (Fsp3) is 0.643. The van der Waals surface area contributed by atoms with Crippen LogP contribution in [0.25, 0.3) is 0 Å². The van der Waals surface area contributed by atoms with Crippen LogP contribution in [0.15, 0.2) is 18.5 Å². The van der Waals surface area contributed by atoms with Gasteiger partial charge in [-0.1, -0.05) is 27.7 Å². The Morgan fingerprint density at radius 2 is 2.12 bits per heavy atom. The van der Waals surface area contributed by atoms with Crippen molar-refractivity contribution in [1.29, 1.82) is 0 Å². The molecule has 1 aromatic heterocycles. The molecule has 1 unspecified atom stereocenters. The second kappa shape index (κ2) is 6.41. The zero-order valence-electron chi connectivity index (χ0n) is 11.6. The highest BCUT2D eigenvalue weighted by Gasteiger charge is 2.17. The Hall–Kier alpha value is -0.540. The second-order valence-corrected chi connectivity index (χ2v) is 7.11. The predicted octanol–water partition coefficient (Wildman–Crippen LogP) is 3.57. The van der Waals surface area contributed by atoms with Gasteiger partial charge in [-0.3, -0.25) is 4.98 Å². The van der Waals surface area contributed by atoms with Crippen LogP contribution in [0.4, 0.5) is 0 Å². The van der Waals surface area contributed by atoms with Crippen molar-refractivity contribution in [3.63, 3.8) is 0 Å². The van der Waals surface area contributed by atoms with Crippen LogP contribution in [0, 0.1) is 6.92 Å². The maximum Gasteiger partial charge on any atom is 0.0429 e. The van der Waals surface area contributed by atoms with Crippen molar-refractivity contribution in [3.8, 4) is 0 Å². The maximum absolute atomic E-state index is 4.24. The molecule has 3 heteroatoms. The molecule has 1 atom stereocenters. The highest BCUT2D eigenvalue weighted by atomic mass is 32.2. The number of nitrogens with zero attached hydrogens (tertiary/aromatic N) is 1. The standard InChI is InChI=1S/C14H24N2S/c1-6-16-13(10-17-14(3,4)5)12-9-15-8-7-11(12)2/h7-9,13,16H,6,10H2,1-5H3. The molecule has 0 aliphatic heterocycles. The number of pyridine rings is 1. The Morgan fingerprint density at radius 1 is 1.41 bits per heavy atom. The topological polar surface area (TPSA) is 24.9 Å². The fourth-order valence-corrected chi connectivity index (χ4v) is 2.64.